The van der Waals surface area contributed by atoms with Gasteiger partial charge < -0.3 is 15.5 Å². The second-order valence-electron chi connectivity index (χ2n) is 5.28. The third kappa shape index (κ3) is 2.99. The molecule has 116 valence electrons. The summed E-state index contributed by atoms with van der Waals surface area (Å²) < 4.78 is 5.34. The third-order valence-electron chi connectivity index (χ3n) is 3.54. The highest BCUT2D eigenvalue weighted by molar-refractivity contribution is 6.30. The van der Waals surface area contributed by atoms with Crippen molar-refractivity contribution in [1.82, 2.24) is 5.32 Å². The van der Waals surface area contributed by atoms with Crippen molar-refractivity contribution in [2.75, 3.05) is 0 Å². The van der Waals surface area contributed by atoms with Gasteiger partial charge in [-0.1, -0.05) is 23.7 Å². The van der Waals surface area contributed by atoms with Gasteiger partial charge in [-0.15, -0.1) is 0 Å². The van der Waals surface area contributed by atoms with Crippen LogP contribution in [0.3, 0.4) is 0 Å². The summed E-state index contributed by atoms with van der Waals surface area (Å²) in [7, 11) is 0. The number of carbonyl (C=O) groups excluding carboxylic acids is 2. The summed E-state index contributed by atoms with van der Waals surface area (Å²) in [6.07, 6.45) is 0. The molecule has 2 amide bonds. The van der Waals surface area contributed by atoms with Crippen LogP contribution in [0, 0.1) is 13.8 Å². The normalized spacial score (nSPS) is 13.5. The van der Waals surface area contributed by atoms with Gasteiger partial charge in [0, 0.05) is 5.02 Å². The fourth-order valence-electron chi connectivity index (χ4n) is 2.23. The molecule has 1 aromatic heterocycles. The standard InChI is InChI=1S/C16H17ClN2O3/c1-9-7-13(10(2)22-9)14(20)19-16(3,15(18)21)11-5-4-6-12(17)8-11/h4-8H,1-3H3,(H2,18,21)(H,19,20)/t16-/m1/s1. The number of primary amides is 1. The van der Waals surface area contributed by atoms with E-state index in [1.54, 1.807) is 51.1 Å². The van der Waals surface area contributed by atoms with Crippen molar-refractivity contribution in [3.63, 3.8) is 0 Å². The van der Waals surface area contributed by atoms with Gasteiger partial charge in [0.05, 0.1) is 5.56 Å². The predicted molar refractivity (Wildman–Crippen MR) is 83.6 cm³/mol. The highest BCUT2D eigenvalue weighted by atomic mass is 35.5. The maximum absolute atomic E-state index is 12.4. The monoisotopic (exact) mass is 320 g/mol. The quantitative estimate of drug-likeness (QED) is 0.908. The van der Waals surface area contributed by atoms with Gasteiger partial charge in [-0.25, -0.2) is 0 Å². The van der Waals surface area contributed by atoms with E-state index in [9.17, 15) is 9.59 Å². The molecule has 0 bridgehead atoms. The largest absolute Gasteiger partial charge is 0.466 e. The third-order valence-corrected chi connectivity index (χ3v) is 3.78. The molecular weight excluding hydrogens is 304 g/mol. The van der Waals surface area contributed by atoms with Gasteiger partial charge in [0.25, 0.3) is 5.91 Å². The molecule has 1 atom stereocenters. The average Bonchev–Trinajstić information content (AvgIpc) is 2.77. The van der Waals surface area contributed by atoms with E-state index in [0.717, 1.165) is 0 Å². The van der Waals surface area contributed by atoms with Crippen LogP contribution in [0.2, 0.25) is 5.02 Å². The van der Waals surface area contributed by atoms with Crippen LogP contribution in [-0.2, 0) is 10.3 Å². The number of nitrogens with one attached hydrogen (secondary N) is 1. The maximum Gasteiger partial charge on any atom is 0.255 e. The van der Waals surface area contributed by atoms with Gasteiger partial charge in [-0.05, 0) is 44.5 Å². The lowest BCUT2D eigenvalue weighted by Gasteiger charge is -2.28. The van der Waals surface area contributed by atoms with Crippen LogP contribution in [0.4, 0.5) is 0 Å². The van der Waals surface area contributed by atoms with Gasteiger partial charge in [0.15, 0.2) is 0 Å². The van der Waals surface area contributed by atoms with Gasteiger partial charge in [-0.3, -0.25) is 9.59 Å². The summed E-state index contributed by atoms with van der Waals surface area (Å²) in [6, 6.07) is 8.27. The summed E-state index contributed by atoms with van der Waals surface area (Å²) in [5.74, 6) is -0.0179. The maximum atomic E-state index is 12.4. The number of nitrogens with two attached hydrogens (primary N) is 1. The van der Waals surface area contributed by atoms with Crippen LogP contribution in [0.1, 0.15) is 34.4 Å². The van der Waals surface area contributed by atoms with E-state index < -0.39 is 17.4 Å². The van der Waals surface area contributed by atoms with E-state index in [4.69, 9.17) is 21.8 Å². The number of amides is 2. The molecule has 2 rings (SSSR count). The van der Waals surface area contributed by atoms with E-state index >= 15 is 0 Å². The van der Waals surface area contributed by atoms with Crippen LogP contribution in [-0.4, -0.2) is 11.8 Å². The molecule has 0 aliphatic heterocycles. The second kappa shape index (κ2) is 5.85. The molecule has 6 heteroatoms. The fourth-order valence-corrected chi connectivity index (χ4v) is 2.42. The first-order valence-electron chi connectivity index (χ1n) is 6.69. The number of furan rings is 1. The van der Waals surface area contributed by atoms with Gasteiger partial charge in [-0.2, -0.15) is 0 Å². The summed E-state index contributed by atoms with van der Waals surface area (Å²) in [4.78, 5) is 24.4. The van der Waals surface area contributed by atoms with Gasteiger partial charge >= 0.3 is 0 Å². The molecule has 0 unspecified atom stereocenters. The van der Waals surface area contributed by atoms with Crippen molar-refractivity contribution in [1.29, 1.82) is 0 Å². The number of hydrogen-bond donors (Lipinski definition) is 2. The number of carbonyl (C=O) groups is 2. The Bertz CT molecular complexity index is 739. The Balaban J connectivity index is 2.39. The zero-order chi connectivity index (χ0) is 16.5. The first kappa shape index (κ1) is 16.1. The van der Waals surface area contributed by atoms with Crippen molar-refractivity contribution in [2.45, 2.75) is 26.3 Å². The SMILES string of the molecule is Cc1cc(C(=O)N[C@@](C)(C(N)=O)c2cccc(Cl)c2)c(C)o1. The fraction of sp³-hybridized carbons (Fsp3) is 0.250. The van der Waals surface area contributed by atoms with Crippen LogP contribution in [0.15, 0.2) is 34.7 Å². The number of benzene rings is 1. The molecule has 5 nitrogen and oxygen atoms in total. The molecule has 0 aliphatic carbocycles. The molecule has 0 aliphatic rings. The van der Waals surface area contributed by atoms with Crippen molar-refractivity contribution >= 4 is 23.4 Å². The average molecular weight is 321 g/mol. The second-order valence-corrected chi connectivity index (χ2v) is 5.72. The molecule has 0 fully saturated rings. The van der Waals surface area contributed by atoms with Gasteiger partial charge in [0.1, 0.15) is 17.1 Å². The minimum Gasteiger partial charge on any atom is -0.466 e. The van der Waals surface area contributed by atoms with Crippen molar-refractivity contribution in [3.05, 3.63) is 58.0 Å². The van der Waals surface area contributed by atoms with Crippen LogP contribution < -0.4 is 11.1 Å². The Morgan fingerprint density at radius 1 is 1.27 bits per heavy atom. The number of halogens is 1. The topological polar surface area (TPSA) is 85.3 Å². The van der Waals surface area contributed by atoms with Crippen molar-refractivity contribution in [2.24, 2.45) is 5.73 Å². The van der Waals surface area contributed by atoms with Crippen LogP contribution in [0.25, 0.3) is 0 Å². The molecule has 0 saturated carbocycles. The Hall–Kier alpha value is -2.27. The molecule has 0 saturated heterocycles. The minimum absolute atomic E-state index is 0.368. The van der Waals surface area contributed by atoms with E-state index in [1.807, 2.05) is 0 Å². The Morgan fingerprint density at radius 2 is 1.95 bits per heavy atom. The smallest absolute Gasteiger partial charge is 0.255 e. The van der Waals surface area contributed by atoms with Crippen LogP contribution in [0.5, 0.6) is 0 Å². The molecule has 0 spiro atoms. The molecule has 2 aromatic rings. The predicted octanol–water partition coefficient (Wildman–Crippen LogP) is 2.68. The summed E-state index contributed by atoms with van der Waals surface area (Å²) in [5, 5.41) is 3.13. The van der Waals surface area contributed by atoms with Gasteiger partial charge in [0.2, 0.25) is 5.91 Å². The van der Waals surface area contributed by atoms with E-state index in [2.05, 4.69) is 5.32 Å². The summed E-state index contributed by atoms with van der Waals surface area (Å²) in [6.45, 7) is 4.97. The lowest BCUT2D eigenvalue weighted by Crippen LogP contribution is -2.52. The molecule has 22 heavy (non-hydrogen) atoms. The number of rotatable bonds is 4. The van der Waals surface area contributed by atoms with E-state index in [0.29, 0.717) is 27.7 Å². The summed E-state index contributed by atoms with van der Waals surface area (Å²) in [5.41, 5.74) is 5.01. The first-order valence-corrected chi connectivity index (χ1v) is 7.07. The zero-order valence-corrected chi connectivity index (χ0v) is 13.3. The van der Waals surface area contributed by atoms with E-state index in [1.165, 1.54) is 0 Å². The molecule has 1 aromatic carbocycles. The highest BCUT2D eigenvalue weighted by Gasteiger charge is 2.36. The van der Waals surface area contributed by atoms with E-state index in [-0.39, 0.29) is 0 Å². The molecule has 0 radical (unpaired) electrons. The minimum atomic E-state index is -1.38. The highest BCUT2D eigenvalue weighted by Crippen LogP contribution is 2.25. The Kier molecular flexibility index (Phi) is 4.28. The Morgan fingerprint density at radius 3 is 2.45 bits per heavy atom. The Labute approximate surface area is 133 Å². The van der Waals surface area contributed by atoms with Crippen LogP contribution >= 0.6 is 11.6 Å². The molecular formula is C16H17ClN2O3. The lowest BCUT2D eigenvalue weighted by molar-refractivity contribution is -0.123. The zero-order valence-electron chi connectivity index (χ0n) is 12.6. The number of aryl methyl sites for hydroxylation is 2. The van der Waals surface area contributed by atoms with Crippen molar-refractivity contribution in [3.8, 4) is 0 Å². The first-order chi connectivity index (χ1) is 10.2. The lowest BCUT2D eigenvalue weighted by atomic mass is 9.90. The summed E-state index contributed by atoms with van der Waals surface area (Å²) >= 11 is 5.96. The molecule has 3 N–H and O–H groups in total. The van der Waals surface area contributed by atoms with Crippen molar-refractivity contribution < 1.29 is 14.0 Å². The number of hydrogen-bond acceptors (Lipinski definition) is 3. The molecule has 1 heterocycles.